The first-order valence-corrected chi connectivity index (χ1v) is 7.46. The summed E-state index contributed by atoms with van der Waals surface area (Å²) in [7, 11) is 0. The molecule has 3 unspecified atom stereocenters. The number of anilines is 2. The fourth-order valence-corrected chi connectivity index (χ4v) is 3.08. The number of benzene rings is 1. The normalized spacial score (nSPS) is 24.6. The molecule has 0 aromatic heterocycles. The molecule has 1 saturated heterocycles. The van der Waals surface area contributed by atoms with Gasteiger partial charge < -0.3 is 11.1 Å². The first-order valence-electron chi connectivity index (χ1n) is 7.46. The molecule has 0 bridgehead atoms. The van der Waals surface area contributed by atoms with Gasteiger partial charge in [0.05, 0.1) is 17.4 Å². The third-order valence-corrected chi connectivity index (χ3v) is 4.10. The molecule has 21 heavy (non-hydrogen) atoms. The van der Waals surface area contributed by atoms with E-state index in [0.29, 0.717) is 17.5 Å². The molecule has 0 saturated carbocycles. The molecule has 1 heterocycles. The Hall–Kier alpha value is -1.62. The van der Waals surface area contributed by atoms with E-state index in [-0.39, 0.29) is 17.6 Å². The zero-order valence-corrected chi connectivity index (χ0v) is 12.9. The average molecular weight is 293 g/mol. The fraction of sp³-hybridized carbons (Fsp3) is 0.562. The van der Waals surface area contributed by atoms with Crippen LogP contribution in [0.5, 0.6) is 0 Å². The van der Waals surface area contributed by atoms with Crippen LogP contribution in [-0.4, -0.2) is 29.9 Å². The molecule has 1 aliphatic heterocycles. The first kappa shape index (κ1) is 15.8. The lowest BCUT2D eigenvalue weighted by Crippen LogP contribution is -2.48. The van der Waals surface area contributed by atoms with Gasteiger partial charge in [0.15, 0.2) is 0 Å². The van der Waals surface area contributed by atoms with E-state index in [9.17, 15) is 9.18 Å². The highest BCUT2D eigenvalue weighted by Gasteiger charge is 2.28. The molecule has 0 radical (unpaired) electrons. The predicted molar refractivity (Wildman–Crippen MR) is 83.4 cm³/mol. The molecule has 4 nitrogen and oxygen atoms in total. The number of rotatable bonds is 3. The lowest BCUT2D eigenvalue weighted by Gasteiger charge is -2.38. The van der Waals surface area contributed by atoms with Crippen LogP contribution in [0.15, 0.2) is 18.2 Å². The van der Waals surface area contributed by atoms with Gasteiger partial charge >= 0.3 is 0 Å². The van der Waals surface area contributed by atoms with Crippen LogP contribution in [0.25, 0.3) is 0 Å². The van der Waals surface area contributed by atoms with Crippen molar-refractivity contribution in [1.82, 2.24) is 4.90 Å². The number of carbonyl (C=O) groups is 1. The molecule has 5 heteroatoms. The van der Waals surface area contributed by atoms with Crippen molar-refractivity contribution in [2.75, 3.05) is 24.1 Å². The van der Waals surface area contributed by atoms with Gasteiger partial charge in [0.25, 0.3) is 0 Å². The van der Waals surface area contributed by atoms with Crippen LogP contribution < -0.4 is 11.1 Å². The zero-order chi connectivity index (χ0) is 15.6. The van der Waals surface area contributed by atoms with Crippen LogP contribution in [-0.2, 0) is 4.79 Å². The van der Waals surface area contributed by atoms with Crippen molar-refractivity contribution in [1.29, 1.82) is 0 Å². The van der Waals surface area contributed by atoms with Crippen LogP contribution in [0.1, 0.15) is 27.2 Å². The molecule has 0 spiro atoms. The van der Waals surface area contributed by atoms with Gasteiger partial charge in [-0.2, -0.15) is 0 Å². The predicted octanol–water partition coefficient (Wildman–Crippen LogP) is 2.71. The summed E-state index contributed by atoms with van der Waals surface area (Å²) in [4.78, 5) is 14.6. The van der Waals surface area contributed by atoms with Crippen LogP contribution in [0, 0.1) is 17.7 Å². The Bertz CT molecular complexity index is 510. The van der Waals surface area contributed by atoms with E-state index in [4.69, 9.17) is 5.73 Å². The average Bonchev–Trinajstić information content (AvgIpc) is 2.40. The molecule has 1 aromatic rings. The summed E-state index contributed by atoms with van der Waals surface area (Å²) in [6, 6.07) is 3.78. The van der Waals surface area contributed by atoms with Crippen LogP contribution in [0.2, 0.25) is 0 Å². The third-order valence-electron chi connectivity index (χ3n) is 4.10. The van der Waals surface area contributed by atoms with Crippen molar-refractivity contribution in [2.45, 2.75) is 33.2 Å². The number of halogens is 1. The molecule has 116 valence electrons. The van der Waals surface area contributed by atoms with Crippen molar-refractivity contribution in [3.63, 3.8) is 0 Å². The van der Waals surface area contributed by atoms with Gasteiger partial charge in [0, 0.05) is 13.1 Å². The van der Waals surface area contributed by atoms with E-state index < -0.39 is 5.82 Å². The Morgan fingerprint density at radius 1 is 1.38 bits per heavy atom. The minimum atomic E-state index is -0.405. The van der Waals surface area contributed by atoms with Gasteiger partial charge in [-0.05, 0) is 43.4 Å². The maximum absolute atomic E-state index is 13.0. The molecule has 1 aliphatic rings. The SMILES string of the molecule is CC1CC(C)CN(C(C)C(=O)Nc2ccc(F)cc2N)C1. The van der Waals surface area contributed by atoms with E-state index in [1.165, 1.54) is 24.6 Å². The molecular weight excluding hydrogens is 269 g/mol. The van der Waals surface area contributed by atoms with E-state index in [2.05, 4.69) is 24.1 Å². The summed E-state index contributed by atoms with van der Waals surface area (Å²) in [5, 5.41) is 2.79. The molecule has 3 atom stereocenters. The van der Waals surface area contributed by atoms with Gasteiger partial charge in [-0.1, -0.05) is 13.8 Å². The summed E-state index contributed by atoms with van der Waals surface area (Å²) < 4.78 is 13.0. The molecule has 1 amide bonds. The highest BCUT2D eigenvalue weighted by atomic mass is 19.1. The number of likely N-dealkylation sites (tertiary alicyclic amines) is 1. The zero-order valence-electron chi connectivity index (χ0n) is 12.9. The highest BCUT2D eigenvalue weighted by molar-refractivity contribution is 5.97. The van der Waals surface area contributed by atoms with Gasteiger partial charge in [-0.15, -0.1) is 0 Å². The largest absolute Gasteiger partial charge is 0.397 e. The maximum atomic E-state index is 13.0. The number of carbonyl (C=O) groups excluding carboxylic acids is 1. The van der Waals surface area contributed by atoms with Gasteiger partial charge in [-0.25, -0.2) is 4.39 Å². The van der Waals surface area contributed by atoms with E-state index in [1.807, 2.05) is 6.92 Å². The summed E-state index contributed by atoms with van der Waals surface area (Å²) in [6.45, 7) is 8.19. The number of nitrogens with one attached hydrogen (secondary N) is 1. The summed E-state index contributed by atoms with van der Waals surface area (Å²) in [5.41, 5.74) is 6.43. The topological polar surface area (TPSA) is 58.4 Å². The number of hydrogen-bond acceptors (Lipinski definition) is 3. The lowest BCUT2D eigenvalue weighted by atomic mass is 9.91. The van der Waals surface area contributed by atoms with Gasteiger partial charge in [0.2, 0.25) is 5.91 Å². The minimum Gasteiger partial charge on any atom is -0.397 e. The molecular formula is C16H24FN3O. The number of hydrogen-bond donors (Lipinski definition) is 2. The molecule has 0 aliphatic carbocycles. The quantitative estimate of drug-likeness (QED) is 0.842. The van der Waals surface area contributed by atoms with Crippen molar-refractivity contribution >= 4 is 17.3 Å². The second kappa shape index (κ2) is 6.43. The van der Waals surface area contributed by atoms with E-state index >= 15 is 0 Å². The standard InChI is InChI=1S/C16H24FN3O/c1-10-6-11(2)9-20(8-10)12(3)16(21)19-15-5-4-13(17)7-14(15)18/h4-5,7,10-12H,6,8-9,18H2,1-3H3,(H,19,21). The van der Waals surface area contributed by atoms with Gasteiger partial charge in [-0.3, -0.25) is 9.69 Å². The van der Waals surface area contributed by atoms with Crippen LogP contribution in [0.4, 0.5) is 15.8 Å². The fourth-order valence-electron chi connectivity index (χ4n) is 3.08. The Balaban J connectivity index is 2.02. The lowest BCUT2D eigenvalue weighted by molar-refractivity contribution is -0.121. The van der Waals surface area contributed by atoms with Crippen molar-refractivity contribution < 1.29 is 9.18 Å². The number of piperidine rings is 1. The number of nitrogens with zero attached hydrogens (tertiary/aromatic N) is 1. The smallest absolute Gasteiger partial charge is 0.241 e. The van der Waals surface area contributed by atoms with Crippen molar-refractivity contribution in [3.05, 3.63) is 24.0 Å². The van der Waals surface area contributed by atoms with Crippen molar-refractivity contribution in [3.8, 4) is 0 Å². The van der Waals surface area contributed by atoms with Crippen molar-refractivity contribution in [2.24, 2.45) is 11.8 Å². The summed E-state index contributed by atoms with van der Waals surface area (Å²) in [5.74, 6) is 0.687. The molecule has 2 rings (SSSR count). The van der Waals surface area contributed by atoms with E-state index in [0.717, 1.165) is 13.1 Å². The Kier molecular flexibility index (Phi) is 4.83. The molecule has 3 N–H and O–H groups in total. The Morgan fingerprint density at radius 2 is 2.00 bits per heavy atom. The van der Waals surface area contributed by atoms with Crippen LogP contribution >= 0.6 is 0 Å². The van der Waals surface area contributed by atoms with Crippen LogP contribution in [0.3, 0.4) is 0 Å². The highest BCUT2D eigenvalue weighted by Crippen LogP contribution is 2.24. The molecule has 1 fully saturated rings. The maximum Gasteiger partial charge on any atom is 0.241 e. The second-order valence-corrected chi connectivity index (χ2v) is 6.30. The van der Waals surface area contributed by atoms with E-state index in [1.54, 1.807) is 0 Å². The summed E-state index contributed by atoms with van der Waals surface area (Å²) in [6.07, 6.45) is 1.20. The molecule has 1 aromatic carbocycles. The monoisotopic (exact) mass is 293 g/mol. The summed E-state index contributed by atoms with van der Waals surface area (Å²) >= 11 is 0. The van der Waals surface area contributed by atoms with Gasteiger partial charge in [0.1, 0.15) is 5.82 Å². The number of nitrogens with two attached hydrogens (primary N) is 1. The number of amides is 1. The third kappa shape index (κ3) is 3.94. The Morgan fingerprint density at radius 3 is 2.57 bits per heavy atom. The number of nitrogen functional groups attached to an aromatic ring is 1. The first-order chi connectivity index (χ1) is 9.86. The minimum absolute atomic E-state index is 0.102. The second-order valence-electron chi connectivity index (χ2n) is 6.30. The Labute approximate surface area is 125 Å².